The largest absolute Gasteiger partial charge is 0.0801 e. The van der Waals surface area contributed by atoms with Gasteiger partial charge in [-0.15, -0.1) is 0 Å². The average Bonchev–Trinajstić information content (AvgIpc) is 2.93. The van der Waals surface area contributed by atoms with Gasteiger partial charge < -0.3 is 0 Å². The van der Waals surface area contributed by atoms with E-state index >= 15 is 0 Å². The lowest BCUT2D eigenvalue weighted by Gasteiger charge is -2.10. The van der Waals surface area contributed by atoms with E-state index in [2.05, 4.69) is 73.7 Å². The molecule has 0 spiro atoms. The highest BCUT2D eigenvalue weighted by Crippen LogP contribution is 2.30. The van der Waals surface area contributed by atoms with Crippen molar-refractivity contribution < 1.29 is 0 Å². The van der Waals surface area contributed by atoms with Crippen molar-refractivity contribution in [1.29, 1.82) is 0 Å². The highest BCUT2D eigenvalue weighted by molar-refractivity contribution is 5.89. The van der Waals surface area contributed by atoms with E-state index in [1.54, 1.807) is 0 Å². The molecule has 2 aromatic carbocycles. The normalized spacial score (nSPS) is 15.2. The molecule has 2 aromatic rings. The zero-order valence-corrected chi connectivity index (χ0v) is 10.6. The molecule has 0 atom stereocenters. The van der Waals surface area contributed by atoms with E-state index in [-0.39, 0.29) is 0 Å². The Labute approximate surface area is 108 Å². The van der Waals surface area contributed by atoms with Gasteiger partial charge in [0.15, 0.2) is 0 Å². The highest BCUT2D eigenvalue weighted by Gasteiger charge is 2.08. The minimum atomic E-state index is 1.05. The van der Waals surface area contributed by atoms with Gasteiger partial charge in [-0.3, -0.25) is 0 Å². The first-order chi connectivity index (χ1) is 8.88. The molecule has 0 heterocycles. The van der Waals surface area contributed by atoms with Crippen LogP contribution >= 0.6 is 0 Å². The van der Waals surface area contributed by atoms with Crippen LogP contribution in [0.4, 0.5) is 0 Å². The van der Waals surface area contributed by atoms with Gasteiger partial charge in [-0.2, -0.15) is 0 Å². The van der Waals surface area contributed by atoms with Gasteiger partial charge >= 0.3 is 0 Å². The molecule has 1 aliphatic rings. The molecule has 0 N–H and O–H groups in total. The fourth-order valence-corrected chi connectivity index (χ4v) is 2.54. The summed E-state index contributed by atoms with van der Waals surface area (Å²) in [7, 11) is 0. The maximum absolute atomic E-state index is 2.28. The first kappa shape index (κ1) is 11.0. The number of allylic oxidation sites excluding steroid dienone is 6. The molecule has 0 nitrogen and oxygen atoms in total. The van der Waals surface area contributed by atoms with Crippen molar-refractivity contribution >= 4 is 16.3 Å². The van der Waals surface area contributed by atoms with E-state index in [0.29, 0.717) is 0 Å². The third-order valence-corrected chi connectivity index (χ3v) is 3.47. The van der Waals surface area contributed by atoms with Gasteiger partial charge in [0.2, 0.25) is 0 Å². The zero-order valence-electron chi connectivity index (χ0n) is 10.6. The van der Waals surface area contributed by atoms with Gasteiger partial charge in [-0.1, -0.05) is 60.7 Å². The van der Waals surface area contributed by atoms with Crippen LogP contribution in [0.5, 0.6) is 0 Å². The summed E-state index contributed by atoms with van der Waals surface area (Å²) in [5.41, 5.74) is 4.07. The van der Waals surface area contributed by atoms with Gasteiger partial charge in [-0.05, 0) is 46.9 Å². The Morgan fingerprint density at radius 1 is 1.06 bits per heavy atom. The number of hydrogen-bond acceptors (Lipinski definition) is 0. The molecule has 0 aliphatic heterocycles. The van der Waals surface area contributed by atoms with Crippen molar-refractivity contribution in [2.45, 2.75) is 13.3 Å². The van der Waals surface area contributed by atoms with Crippen molar-refractivity contribution in [1.82, 2.24) is 0 Å². The molecular formula is C18H16. The van der Waals surface area contributed by atoms with Crippen molar-refractivity contribution in [3.05, 3.63) is 77.9 Å². The third-order valence-electron chi connectivity index (χ3n) is 3.47. The van der Waals surface area contributed by atoms with Crippen molar-refractivity contribution in [3.8, 4) is 0 Å². The Morgan fingerprint density at radius 2 is 1.89 bits per heavy atom. The van der Waals surface area contributed by atoms with Gasteiger partial charge in [0.25, 0.3) is 0 Å². The van der Waals surface area contributed by atoms with Gasteiger partial charge in [0.05, 0.1) is 0 Å². The molecule has 0 radical (unpaired) electrons. The van der Waals surface area contributed by atoms with E-state index in [0.717, 1.165) is 6.42 Å². The summed E-state index contributed by atoms with van der Waals surface area (Å²) >= 11 is 0. The summed E-state index contributed by atoms with van der Waals surface area (Å²) in [4.78, 5) is 0. The molecule has 0 unspecified atom stereocenters. The first-order valence-electron chi connectivity index (χ1n) is 6.40. The molecule has 1 aliphatic carbocycles. The Kier molecular flexibility index (Phi) is 2.85. The molecule has 0 amide bonds. The van der Waals surface area contributed by atoms with Crippen LogP contribution in [0.2, 0.25) is 0 Å². The summed E-state index contributed by atoms with van der Waals surface area (Å²) in [6.45, 7) is 2.11. The minimum absolute atomic E-state index is 1.05. The fourth-order valence-electron chi connectivity index (χ4n) is 2.54. The monoisotopic (exact) mass is 232 g/mol. The topological polar surface area (TPSA) is 0 Å². The predicted octanol–water partition coefficient (Wildman–Crippen LogP) is 5.13. The number of benzene rings is 2. The molecular weight excluding hydrogens is 216 g/mol. The van der Waals surface area contributed by atoms with Crippen molar-refractivity contribution in [3.63, 3.8) is 0 Å². The van der Waals surface area contributed by atoms with Crippen LogP contribution in [0, 0.1) is 0 Å². The third kappa shape index (κ3) is 1.91. The summed E-state index contributed by atoms with van der Waals surface area (Å²) in [6, 6.07) is 15.2. The average molecular weight is 232 g/mol. The van der Waals surface area contributed by atoms with Crippen molar-refractivity contribution in [2.24, 2.45) is 0 Å². The van der Waals surface area contributed by atoms with Crippen LogP contribution in [0.3, 0.4) is 0 Å². The Bertz CT molecular complexity index is 669. The molecule has 0 saturated heterocycles. The molecule has 0 fully saturated rings. The standard InChI is InChI=1S/C18H16/c1-2-18(15-8-4-5-9-15)17-12-11-14-7-3-6-10-16(14)13-17/h2-8,10-13H,9H2,1H3/b18-2+. The Morgan fingerprint density at radius 3 is 2.61 bits per heavy atom. The number of fused-ring (bicyclic) bond motifs is 1. The van der Waals surface area contributed by atoms with E-state index in [9.17, 15) is 0 Å². The number of hydrogen-bond donors (Lipinski definition) is 0. The fraction of sp³-hybridized carbons (Fsp3) is 0.111. The maximum Gasteiger partial charge on any atom is -0.00883 e. The second-order valence-electron chi connectivity index (χ2n) is 4.59. The smallest absolute Gasteiger partial charge is 0.00883 e. The van der Waals surface area contributed by atoms with E-state index in [4.69, 9.17) is 0 Å². The van der Waals surface area contributed by atoms with Gasteiger partial charge in [0, 0.05) is 0 Å². The van der Waals surface area contributed by atoms with Crippen molar-refractivity contribution in [2.75, 3.05) is 0 Å². The lowest BCUT2D eigenvalue weighted by molar-refractivity contribution is 1.33. The molecule has 0 saturated carbocycles. The predicted molar refractivity (Wildman–Crippen MR) is 79.4 cm³/mol. The van der Waals surface area contributed by atoms with Crippen LogP contribution in [-0.4, -0.2) is 0 Å². The van der Waals surface area contributed by atoms with E-state index in [1.165, 1.54) is 27.5 Å². The van der Waals surface area contributed by atoms with Crippen LogP contribution in [0.1, 0.15) is 18.9 Å². The van der Waals surface area contributed by atoms with E-state index < -0.39 is 0 Å². The van der Waals surface area contributed by atoms with Crippen LogP contribution in [-0.2, 0) is 0 Å². The Hall–Kier alpha value is -2.08. The lowest BCUT2D eigenvalue weighted by atomic mass is 9.95. The molecule has 18 heavy (non-hydrogen) atoms. The van der Waals surface area contributed by atoms with Gasteiger partial charge in [-0.25, -0.2) is 0 Å². The molecule has 0 bridgehead atoms. The molecule has 3 rings (SSSR count). The lowest BCUT2D eigenvalue weighted by Crippen LogP contribution is -1.88. The Balaban J connectivity index is 2.08. The summed E-state index contributed by atoms with van der Waals surface area (Å²) in [5, 5.41) is 2.61. The molecule has 0 aromatic heterocycles. The van der Waals surface area contributed by atoms with Crippen LogP contribution < -0.4 is 0 Å². The highest BCUT2D eigenvalue weighted by atomic mass is 14.1. The quantitative estimate of drug-likeness (QED) is 0.673. The van der Waals surface area contributed by atoms with Crippen LogP contribution in [0.25, 0.3) is 16.3 Å². The number of rotatable bonds is 2. The maximum atomic E-state index is 2.28. The summed E-state index contributed by atoms with van der Waals surface area (Å²) in [5.74, 6) is 0. The zero-order chi connectivity index (χ0) is 12.4. The van der Waals surface area contributed by atoms with Gasteiger partial charge in [0.1, 0.15) is 0 Å². The van der Waals surface area contributed by atoms with E-state index in [1.807, 2.05) is 0 Å². The second-order valence-corrected chi connectivity index (χ2v) is 4.59. The van der Waals surface area contributed by atoms with Crippen LogP contribution in [0.15, 0.2) is 72.3 Å². The minimum Gasteiger partial charge on any atom is -0.0801 e. The SMILES string of the molecule is C/C=C(\C1=CC=CC1)c1ccc2ccccc2c1. The first-order valence-corrected chi connectivity index (χ1v) is 6.40. The second kappa shape index (κ2) is 4.66. The molecule has 0 heteroatoms. The summed E-state index contributed by atoms with van der Waals surface area (Å²) in [6.07, 6.45) is 9.82. The summed E-state index contributed by atoms with van der Waals surface area (Å²) < 4.78 is 0. The molecule has 88 valence electrons.